The molecule has 1 aromatic rings. The van der Waals surface area contributed by atoms with Crippen LogP contribution in [0.5, 0.6) is 0 Å². The van der Waals surface area contributed by atoms with Crippen LogP contribution in [0.4, 0.5) is 20.2 Å². The van der Waals surface area contributed by atoms with E-state index >= 15 is 0 Å². The highest BCUT2D eigenvalue weighted by atomic mass is 19.1. The fraction of sp³-hybridized carbons (Fsp3) is 0.700. The maximum Gasteiger partial charge on any atom is 0.233 e. The van der Waals surface area contributed by atoms with Crippen molar-refractivity contribution >= 4 is 17.3 Å². The minimum absolute atomic E-state index is 0.0792. The van der Waals surface area contributed by atoms with Crippen molar-refractivity contribution in [3.63, 3.8) is 0 Å². The maximum atomic E-state index is 14.8. The number of aromatic nitrogens is 1. The molecule has 0 aliphatic carbocycles. The van der Waals surface area contributed by atoms with Crippen LogP contribution in [-0.4, -0.2) is 90.8 Å². The molecule has 3 rings (SSSR count). The van der Waals surface area contributed by atoms with Crippen LogP contribution in [0.25, 0.3) is 0 Å². The lowest BCUT2D eigenvalue weighted by Gasteiger charge is -2.39. The number of nitrogens with two attached hydrogens (primary N) is 2. The Kier molecular flexibility index (Phi) is 7.96. The largest absolute Gasteiger partial charge is 0.389 e. The van der Waals surface area contributed by atoms with Gasteiger partial charge in [0.05, 0.1) is 41.9 Å². The molecule has 1 amide bonds. The minimum atomic E-state index is -1.07. The summed E-state index contributed by atoms with van der Waals surface area (Å²) >= 11 is 0. The first-order chi connectivity index (χ1) is 15.0. The van der Waals surface area contributed by atoms with E-state index in [0.717, 1.165) is 6.20 Å². The van der Waals surface area contributed by atoms with E-state index in [1.165, 1.54) is 6.20 Å². The van der Waals surface area contributed by atoms with E-state index < -0.39 is 41.7 Å². The van der Waals surface area contributed by atoms with Crippen molar-refractivity contribution in [2.75, 3.05) is 56.0 Å². The third kappa shape index (κ3) is 6.30. The topological polar surface area (TPSA) is 145 Å². The molecule has 8 N–H and O–H groups in total. The second kappa shape index (κ2) is 10.3. The standard InChI is InChI=1S/C20H34F2N8O2/c1-20(2,32)11-29-3-5-30(6-4-29)16-13(22)9-25-10-14(16)28-19(31)15(17(23)24)18-26-7-12(21)8-27-18/h9-10,12,15,17-18,26-27,32H,3-8,11,23-24H2,1-2H3,(H,28,31). The second-order valence-electron chi connectivity index (χ2n) is 9.08. The number of nitrogens with one attached hydrogen (secondary N) is 3. The lowest BCUT2D eigenvalue weighted by Crippen LogP contribution is -2.64. The summed E-state index contributed by atoms with van der Waals surface area (Å²) in [5.41, 5.74) is 11.3. The predicted molar refractivity (Wildman–Crippen MR) is 118 cm³/mol. The monoisotopic (exact) mass is 456 g/mol. The van der Waals surface area contributed by atoms with Crippen molar-refractivity contribution in [2.24, 2.45) is 17.4 Å². The van der Waals surface area contributed by atoms with Gasteiger partial charge in [0.25, 0.3) is 0 Å². The third-order valence-electron chi connectivity index (χ3n) is 5.62. The summed E-state index contributed by atoms with van der Waals surface area (Å²) in [6, 6.07) is 0. The van der Waals surface area contributed by atoms with Crippen molar-refractivity contribution in [3.8, 4) is 0 Å². The Bertz CT molecular complexity index is 775. The Morgan fingerprint density at radius 3 is 2.47 bits per heavy atom. The van der Waals surface area contributed by atoms with E-state index in [2.05, 4.69) is 25.8 Å². The minimum Gasteiger partial charge on any atom is -0.389 e. The molecule has 0 bridgehead atoms. The summed E-state index contributed by atoms with van der Waals surface area (Å²) in [7, 11) is 0. The van der Waals surface area contributed by atoms with Gasteiger partial charge in [0.15, 0.2) is 5.82 Å². The van der Waals surface area contributed by atoms with Gasteiger partial charge < -0.3 is 26.8 Å². The van der Waals surface area contributed by atoms with Crippen molar-refractivity contribution in [1.82, 2.24) is 20.5 Å². The molecular formula is C20H34F2N8O2. The van der Waals surface area contributed by atoms with Crippen LogP contribution in [0.3, 0.4) is 0 Å². The molecule has 0 radical (unpaired) electrons. The molecule has 0 saturated carbocycles. The summed E-state index contributed by atoms with van der Waals surface area (Å²) in [5.74, 6) is -1.99. The normalized spacial score (nSPS) is 23.9. The van der Waals surface area contributed by atoms with E-state index in [4.69, 9.17) is 11.5 Å². The Labute approximate surface area is 186 Å². The lowest BCUT2D eigenvalue weighted by molar-refractivity contribution is -0.122. The van der Waals surface area contributed by atoms with Gasteiger partial charge in [-0.1, -0.05) is 0 Å². The number of carbonyl (C=O) groups is 1. The maximum absolute atomic E-state index is 14.8. The summed E-state index contributed by atoms with van der Waals surface area (Å²) in [6.07, 6.45) is -0.217. The van der Waals surface area contributed by atoms with Crippen LogP contribution < -0.4 is 32.3 Å². The van der Waals surface area contributed by atoms with Gasteiger partial charge in [-0.25, -0.2) is 8.78 Å². The summed E-state index contributed by atoms with van der Waals surface area (Å²) in [5, 5.41) is 18.5. The first kappa shape index (κ1) is 24.7. The molecule has 12 heteroatoms. The van der Waals surface area contributed by atoms with Crippen molar-refractivity contribution < 1.29 is 18.7 Å². The molecule has 2 aliphatic rings. The number of hydrogen-bond acceptors (Lipinski definition) is 9. The zero-order chi connectivity index (χ0) is 23.5. The number of alkyl halides is 1. The summed E-state index contributed by atoms with van der Waals surface area (Å²) < 4.78 is 28.2. The molecule has 3 heterocycles. The average molecular weight is 457 g/mol. The number of pyridine rings is 1. The molecule has 0 spiro atoms. The van der Waals surface area contributed by atoms with Crippen molar-refractivity contribution in [2.45, 2.75) is 38.0 Å². The van der Waals surface area contributed by atoms with Gasteiger partial charge >= 0.3 is 0 Å². The average Bonchev–Trinajstić information content (AvgIpc) is 2.69. The van der Waals surface area contributed by atoms with E-state index in [-0.39, 0.29) is 24.5 Å². The van der Waals surface area contributed by atoms with E-state index in [0.29, 0.717) is 32.7 Å². The van der Waals surface area contributed by atoms with Gasteiger partial charge in [0, 0.05) is 45.8 Å². The van der Waals surface area contributed by atoms with E-state index in [1.807, 2.05) is 4.90 Å². The molecule has 180 valence electrons. The molecular weight excluding hydrogens is 422 g/mol. The lowest BCUT2D eigenvalue weighted by atomic mass is 9.99. The number of β-amino-alcohol motifs (C(OH)–C–C–N with tert-alkyl or cyclic N) is 1. The SMILES string of the molecule is CC(C)(O)CN1CCN(c2c(F)cncc2NC(=O)C(C(N)N)C2NCC(F)CN2)CC1. The number of carbonyl (C=O) groups excluding carboxylic acids is 1. The van der Waals surface area contributed by atoms with Crippen LogP contribution in [0.15, 0.2) is 12.4 Å². The van der Waals surface area contributed by atoms with Crippen molar-refractivity contribution in [3.05, 3.63) is 18.2 Å². The highest BCUT2D eigenvalue weighted by Gasteiger charge is 2.35. The second-order valence-corrected chi connectivity index (χ2v) is 9.08. The number of anilines is 2. The fourth-order valence-corrected chi connectivity index (χ4v) is 4.19. The summed E-state index contributed by atoms with van der Waals surface area (Å²) in [4.78, 5) is 20.9. The van der Waals surface area contributed by atoms with Gasteiger partial charge in [0.1, 0.15) is 11.9 Å². The number of hydrogen-bond donors (Lipinski definition) is 6. The molecule has 0 aromatic carbocycles. The highest BCUT2D eigenvalue weighted by Crippen LogP contribution is 2.30. The molecule has 1 atom stereocenters. The Morgan fingerprint density at radius 1 is 1.28 bits per heavy atom. The van der Waals surface area contributed by atoms with Crippen LogP contribution in [-0.2, 0) is 4.79 Å². The Balaban J connectivity index is 1.72. The number of piperazine rings is 1. The number of nitrogens with zero attached hydrogens (tertiary/aromatic N) is 3. The molecule has 2 aliphatic heterocycles. The number of aliphatic hydroxyl groups is 1. The number of rotatable bonds is 7. The number of halogens is 2. The van der Waals surface area contributed by atoms with Gasteiger partial charge in [-0.05, 0) is 13.8 Å². The van der Waals surface area contributed by atoms with Crippen LogP contribution in [0.1, 0.15) is 13.8 Å². The molecule has 2 fully saturated rings. The first-order valence-corrected chi connectivity index (χ1v) is 10.8. The Morgan fingerprint density at radius 2 is 1.91 bits per heavy atom. The zero-order valence-electron chi connectivity index (χ0n) is 18.5. The number of amides is 1. The van der Waals surface area contributed by atoms with Gasteiger partial charge in [-0.3, -0.25) is 25.3 Å². The quantitative estimate of drug-likeness (QED) is 0.278. The molecule has 10 nitrogen and oxygen atoms in total. The molecule has 2 saturated heterocycles. The smallest absolute Gasteiger partial charge is 0.233 e. The molecule has 1 unspecified atom stereocenters. The first-order valence-electron chi connectivity index (χ1n) is 10.8. The predicted octanol–water partition coefficient (Wildman–Crippen LogP) is -1.23. The zero-order valence-corrected chi connectivity index (χ0v) is 18.5. The van der Waals surface area contributed by atoms with Gasteiger partial charge in [-0.2, -0.15) is 0 Å². The van der Waals surface area contributed by atoms with E-state index in [1.54, 1.807) is 13.8 Å². The third-order valence-corrected chi connectivity index (χ3v) is 5.62. The molecule has 1 aromatic heterocycles. The van der Waals surface area contributed by atoms with Crippen LogP contribution in [0, 0.1) is 11.7 Å². The van der Waals surface area contributed by atoms with Crippen LogP contribution >= 0.6 is 0 Å². The Hall–Kier alpha value is -1.96. The van der Waals surface area contributed by atoms with Crippen LogP contribution in [0.2, 0.25) is 0 Å². The van der Waals surface area contributed by atoms with Gasteiger partial charge in [0.2, 0.25) is 5.91 Å². The highest BCUT2D eigenvalue weighted by molar-refractivity contribution is 5.96. The summed E-state index contributed by atoms with van der Waals surface area (Å²) in [6.45, 7) is 6.47. The van der Waals surface area contributed by atoms with Crippen molar-refractivity contribution in [1.29, 1.82) is 0 Å². The van der Waals surface area contributed by atoms with Gasteiger partial charge in [-0.15, -0.1) is 0 Å². The molecule has 32 heavy (non-hydrogen) atoms. The van der Waals surface area contributed by atoms with E-state index in [9.17, 15) is 18.7 Å². The fourth-order valence-electron chi connectivity index (χ4n) is 4.19.